The molecule has 98 valence electrons. The summed E-state index contributed by atoms with van der Waals surface area (Å²) in [5.74, 6) is -1.61. The van der Waals surface area contributed by atoms with Crippen LogP contribution in [0, 0.1) is 0 Å². The van der Waals surface area contributed by atoms with E-state index in [2.05, 4.69) is 14.7 Å². The van der Waals surface area contributed by atoms with Crippen molar-refractivity contribution in [1.29, 1.82) is 0 Å². The zero-order valence-electron chi connectivity index (χ0n) is 8.85. The highest BCUT2D eigenvalue weighted by Gasteiger charge is 2.30. The van der Waals surface area contributed by atoms with Gasteiger partial charge in [-0.25, -0.2) is 4.79 Å². The lowest BCUT2D eigenvalue weighted by Gasteiger charge is -2.08. The summed E-state index contributed by atoms with van der Waals surface area (Å²) >= 11 is 0. The summed E-state index contributed by atoms with van der Waals surface area (Å²) in [4.78, 5) is 14.4. The first-order valence-corrected chi connectivity index (χ1v) is 4.60. The quantitative estimate of drug-likeness (QED) is 0.651. The van der Waals surface area contributed by atoms with Crippen molar-refractivity contribution in [2.45, 2.75) is 6.36 Å². The molecular formula is C10H8F3NO4. The molecule has 0 aliphatic heterocycles. The van der Waals surface area contributed by atoms with Gasteiger partial charge in [-0.1, -0.05) is 17.3 Å². The Morgan fingerprint density at radius 2 is 2.17 bits per heavy atom. The molecule has 0 aliphatic carbocycles. The Kier molecular flexibility index (Phi) is 4.52. The van der Waals surface area contributed by atoms with Gasteiger partial charge in [0, 0.05) is 0 Å². The highest BCUT2D eigenvalue weighted by atomic mass is 19.4. The minimum atomic E-state index is -4.77. The second-order valence-corrected chi connectivity index (χ2v) is 3.02. The number of benzene rings is 1. The van der Waals surface area contributed by atoms with Crippen molar-refractivity contribution < 1.29 is 32.6 Å². The summed E-state index contributed by atoms with van der Waals surface area (Å²) in [5.41, 5.74) is 0.280. The fourth-order valence-corrected chi connectivity index (χ4v) is 0.983. The summed E-state index contributed by atoms with van der Waals surface area (Å²) < 4.78 is 39.5. The number of alkyl halides is 3. The Morgan fingerprint density at radius 1 is 1.44 bits per heavy atom. The summed E-state index contributed by atoms with van der Waals surface area (Å²) in [6.45, 7) is -0.630. The van der Waals surface area contributed by atoms with Gasteiger partial charge in [-0.2, -0.15) is 0 Å². The van der Waals surface area contributed by atoms with Gasteiger partial charge in [0.1, 0.15) is 5.75 Å². The molecule has 1 rings (SSSR count). The van der Waals surface area contributed by atoms with Crippen LogP contribution >= 0.6 is 0 Å². The van der Waals surface area contributed by atoms with Gasteiger partial charge in [-0.3, -0.25) is 0 Å². The zero-order valence-corrected chi connectivity index (χ0v) is 8.85. The molecular weight excluding hydrogens is 255 g/mol. The monoisotopic (exact) mass is 263 g/mol. The van der Waals surface area contributed by atoms with Crippen molar-refractivity contribution in [3.8, 4) is 5.75 Å². The van der Waals surface area contributed by atoms with Gasteiger partial charge in [0.15, 0.2) is 0 Å². The van der Waals surface area contributed by atoms with Gasteiger partial charge < -0.3 is 14.7 Å². The average Bonchev–Trinajstić information content (AvgIpc) is 2.22. The predicted octanol–water partition coefficient (Wildman–Crippen LogP) is 2.02. The SMILES string of the molecule is O=C(O)CO/N=C/c1cccc(OC(F)(F)F)c1. The molecule has 0 saturated carbocycles. The molecule has 8 heteroatoms. The Hall–Kier alpha value is -2.25. The molecule has 0 fully saturated rings. The van der Waals surface area contributed by atoms with Gasteiger partial charge in [-0.15, -0.1) is 13.2 Å². The van der Waals surface area contributed by atoms with Gasteiger partial charge in [0.05, 0.1) is 6.21 Å². The molecule has 0 aromatic heterocycles. The first kappa shape index (κ1) is 13.8. The van der Waals surface area contributed by atoms with Crippen molar-refractivity contribution in [2.75, 3.05) is 6.61 Å². The van der Waals surface area contributed by atoms with E-state index in [0.29, 0.717) is 0 Å². The highest BCUT2D eigenvalue weighted by molar-refractivity contribution is 5.79. The lowest BCUT2D eigenvalue weighted by molar-refractivity contribution is -0.274. The molecule has 0 saturated heterocycles. The van der Waals surface area contributed by atoms with E-state index in [0.717, 1.165) is 18.3 Å². The Labute approximate surface area is 99.4 Å². The van der Waals surface area contributed by atoms with E-state index in [1.165, 1.54) is 12.1 Å². The number of oxime groups is 1. The topological polar surface area (TPSA) is 68.1 Å². The van der Waals surface area contributed by atoms with Crippen LogP contribution in [0.25, 0.3) is 0 Å². The maximum atomic E-state index is 11.9. The fraction of sp³-hybridized carbons (Fsp3) is 0.200. The van der Waals surface area contributed by atoms with Crippen LogP contribution in [0.4, 0.5) is 13.2 Å². The number of hydrogen-bond donors (Lipinski definition) is 1. The molecule has 0 bridgehead atoms. The van der Waals surface area contributed by atoms with Gasteiger partial charge in [0.2, 0.25) is 6.61 Å². The van der Waals surface area contributed by atoms with Crippen LogP contribution in [0.15, 0.2) is 29.4 Å². The second-order valence-electron chi connectivity index (χ2n) is 3.02. The molecule has 1 aromatic carbocycles. The molecule has 0 amide bonds. The van der Waals surface area contributed by atoms with E-state index in [4.69, 9.17) is 5.11 Å². The molecule has 1 N–H and O–H groups in total. The minimum Gasteiger partial charge on any atom is -0.479 e. The summed E-state index contributed by atoms with van der Waals surface area (Å²) in [6.07, 6.45) is -3.69. The van der Waals surface area contributed by atoms with Crippen LogP contribution in [0.2, 0.25) is 0 Å². The Morgan fingerprint density at radius 3 is 2.78 bits per heavy atom. The predicted molar refractivity (Wildman–Crippen MR) is 54.3 cm³/mol. The molecule has 0 heterocycles. The van der Waals surface area contributed by atoms with Crippen LogP contribution in [-0.2, 0) is 9.63 Å². The van der Waals surface area contributed by atoms with Crippen molar-refractivity contribution in [1.82, 2.24) is 0 Å². The number of halogens is 3. The van der Waals surface area contributed by atoms with Crippen LogP contribution < -0.4 is 4.74 Å². The third-order valence-electron chi connectivity index (χ3n) is 1.56. The van der Waals surface area contributed by atoms with E-state index in [1.807, 2.05) is 0 Å². The van der Waals surface area contributed by atoms with E-state index >= 15 is 0 Å². The average molecular weight is 263 g/mol. The van der Waals surface area contributed by atoms with Crippen LogP contribution in [0.3, 0.4) is 0 Å². The molecule has 0 unspecified atom stereocenters. The number of rotatable bonds is 5. The van der Waals surface area contributed by atoms with Crippen LogP contribution in [-0.4, -0.2) is 30.3 Å². The molecule has 0 aliphatic rings. The van der Waals surface area contributed by atoms with E-state index in [9.17, 15) is 18.0 Å². The number of carbonyl (C=O) groups is 1. The molecule has 0 radical (unpaired) electrons. The first-order valence-electron chi connectivity index (χ1n) is 4.60. The summed E-state index contributed by atoms with van der Waals surface area (Å²) in [5, 5.41) is 11.5. The lowest BCUT2D eigenvalue weighted by atomic mass is 10.2. The fourth-order valence-electron chi connectivity index (χ4n) is 0.983. The first-order chi connectivity index (χ1) is 8.37. The molecule has 5 nitrogen and oxygen atoms in total. The highest BCUT2D eigenvalue weighted by Crippen LogP contribution is 2.22. The third-order valence-corrected chi connectivity index (χ3v) is 1.56. The largest absolute Gasteiger partial charge is 0.573 e. The standard InChI is InChI=1S/C10H8F3NO4/c11-10(12,13)18-8-3-1-2-7(4-8)5-14-17-6-9(15)16/h1-5H,6H2,(H,15,16)/b14-5+. The minimum absolute atomic E-state index is 0.280. The molecule has 18 heavy (non-hydrogen) atoms. The maximum absolute atomic E-state index is 11.9. The van der Waals surface area contributed by atoms with Crippen molar-refractivity contribution in [3.63, 3.8) is 0 Å². The van der Waals surface area contributed by atoms with Gasteiger partial charge in [-0.05, 0) is 17.7 Å². The lowest BCUT2D eigenvalue weighted by Crippen LogP contribution is -2.17. The van der Waals surface area contributed by atoms with Crippen LogP contribution in [0.1, 0.15) is 5.56 Å². The van der Waals surface area contributed by atoms with Crippen molar-refractivity contribution in [2.24, 2.45) is 5.16 Å². The normalized spacial score (nSPS) is 11.5. The Bertz CT molecular complexity index is 445. The number of ether oxygens (including phenoxy) is 1. The van der Waals surface area contributed by atoms with Gasteiger partial charge in [0.25, 0.3) is 0 Å². The number of aliphatic carboxylic acids is 1. The summed E-state index contributed by atoms with van der Waals surface area (Å²) in [7, 11) is 0. The number of carboxylic acid groups (broad SMARTS) is 1. The van der Waals surface area contributed by atoms with Crippen molar-refractivity contribution in [3.05, 3.63) is 29.8 Å². The number of carboxylic acids is 1. The zero-order chi connectivity index (χ0) is 13.6. The van der Waals surface area contributed by atoms with Crippen LogP contribution in [0.5, 0.6) is 5.75 Å². The smallest absolute Gasteiger partial charge is 0.479 e. The van der Waals surface area contributed by atoms with E-state index < -0.39 is 24.7 Å². The molecule has 0 atom stereocenters. The van der Waals surface area contributed by atoms with Crippen molar-refractivity contribution >= 4 is 12.2 Å². The molecule has 0 spiro atoms. The Balaban J connectivity index is 2.62. The van der Waals surface area contributed by atoms with E-state index in [1.54, 1.807) is 0 Å². The van der Waals surface area contributed by atoms with E-state index in [-0.39, 0.29) is 5.56 Å². The maximum Gasteiger partial charge on any atom is 0.573 e. The third kappa shape index (κ3) is 5.73. The number of nitrogens with zero attached hydrogens (tertiary/aromatic N) is 1. The second kappa shape index (κ2) is 5.89. The summed E-state index contributed by atoms with van der Waals surface area (Å²) in [6, 6.07) is 5.00. The van der Waals surface area contributed by atoms with Gasteiger partial charge >= 0.3 is 12.3 Å². The molecule has 1 aromatic rings. The number of hydrogen-bond acceptors (Lipinski definition) is 4.